The third-order valence-electron chi connectivity index (χ3n) is 5.78. The van der Waals surface area contributed by atoms with Crippen LogP contribution in [-0.4, -0.2) is 26.1 Å². The minimum atomic E-state index is -4.76. The number of carbonyl (C=O) groups excluding carboxylic acids is 1. The highest BCUT2D eigenvalue weighted by Crippen LogP contribution is 2.34. The number of fused-ring (bicyclic) bond motifs is 2. The molecule has 0 spiro atoms. The van der Waals surface area contributed by atoms with Crippen LogP contribution in [0.4, 0.5) is 29.3 Å². The van der Waals surface area contributed by atoms with Crippen molar-refractivity contribution in [2.45, 2.75) is 25.8 Å². The molecule has 1 aliphatic rings. The number of alkyl halides is 3. The summed E-state index contributed by atoms with van der Waals surface area (Å²) in [5.74, 6) is -1.60. The van der Waals surface area contributed by atoms with Crippen molar-refractivity contribution >= 4 is 28.6 Å². The van der Waals surface area contributed by atoms with Gasteiger partial charge in [-0.25, -0.2) is 9.37 Å². The maximum absolute atomic E-state index is 14.4. The number of aromatic nitrogens is 4. The molecule has 1 aliphatic heterocycles. The summed E-state index contributed by atoms with van der Waals surface area (Å²) in [5.41, 5.74) is 4.89. The minimum Gasteiger partial charge on any atom is -0.366 e. The average Bonchev–Trinajstić information content (AvgIpc) is 3.38. The molecule has 1 amide bonds. The van der Waals surface area contributed by atoms with E-state index in [4.69, 9.17) is 5.73 Å². The van der Waals surface area contributed by atoms with E-state index in [-0.39, 0.29) is 41.5 Å². The molecule has 35 heavy (non-hydrogen) atoms. The molecule has 0 atom stereocenters. The lowest BCUT2D eigenvalue weighted by molar-refractivity contribution is -0.138. The summed E-state index contributed by atoms with van der Waals surface area (Å²) in [6, 6.07) is 7.28. The van der Waals surface area contributed by atoms with Crippen LogP contribution in [0.3, 0.4) is 0 Å². The van der Waals surface area contributed by atoms with Crippen LogP contribution in [0.5, 0.6) is 0 Å². The Hall–Kier alpha value is -4.42. The van der Waals surface area contributed by atoms with Crippen molar-refractivity contribution in [2.75, 3.05) is 10.2 Å². The number of rotatable bonds is 5. The lowest BCUT2D eigenvalue weighted by Gasteiger charge is -2.19. The van der Waals surface area contributed by atoms with Crippen LogP contribution < -0.4 is 21.5 Å². The van der Waals surface area contributed by atoms with Crippen LogP contribution in [0.1, 0.15) is 32.7 Å². The summed E-state index contributed by atoms with van der Waals surface area (Å²) in [4.78, 5) is 34.5. The Labute approximate surface area is 194 Å². The number of nitrogens with zero attached hydrogens (tertiary/aromatic N) is 3. The first-order chi connectivity index (χ1) is 16.6. The van der Waals surface area contributed by atoms with E-state index in [0.717, 1.165) is 18.2 Å². The number of anilines is 2. The van der Waals surface area contributed by atoms with E-state index in [1.54, 1.807) is 11.0 Å². The smallest absolute Gasteiger partial charge is 0.366 e. The standard InChI is InChI=1S/C22H17F4N7O2/c23-15-6-2-5-14(22(24,25)26)12(15)7-28-19-11-4-1-3-10(18(27)34)17(11)29-21(30-19)33-8-13-16(9-33)31-32-20(13)35/h1-6H,7-9H2,(H2,27,34)(H,28,29,30)(H2,31,32,35). The fraction of sp³-hybridized carbons (Fsp3) is 0.182. The van der Waals surface area contributed by atoms with Gasteiger partial charge in [-0.2, -0.15) is 18.2 Å². The molecule has 0 bridgehead atoms. The van der Waals surface area contributed by atoms with E-state index >= 15 is 0 Å². The maximum atomic E-state index is 14.4. The number of carbonyl (C=O) groups is 1. The van der Waals surface area contributed by atoms with Crippen molar-refractivity contribution in [3.05, 3.63) is 80.5 Å². The van der Waals surface area contributed by atoms with Gasteiger partial charge in [-0.1, -0.05) is 12.1 Å². The first-order valence-corrected chi connectivity index (χ1v) is 10.4. The molecule has 0 fully saturated rings. The number of benzene rings is 2. The molecule has 180 valence electrons. The van der Waals surface area contributed by atoms with Gasteiger partial charge in [0.1, 0.15) is 11.6 Å². The second-order valence-corrected chi connectivity index (χ2v) is 7.95. The van der Waals surface area contributed by atoms with Gasteiger partial charge >= 0.3 is 6.18 Å². The number of nitrogens with two attached hydrogens (primary N) is 1. The highest BCUT2D eigenvalue weighted by atomic mass is 19.4. The second kappa shape index (κ2) is 8.11. The summed E-state index contributed by atoms with van der Waals surface area (Å²) in [5, 5.41) is 8.33. The van der Waals surface area contributed by atoms with E-state index in [9.17, 15) is 27.2 Å². The number of hydrogen-bond acceptors (Lipinski definition) is 6. The summed E-state index contributed by atoms with van der Waals surface area (Å²) in [6.07, 6.45) is -4.76. The van der Waals surface area contributed by atoms with E-state index in [0.29, 0.717) is 16.6 Å². The van der Waals surface area contributed by atoms with Crippen molar-refractivity contribution < 1.29 is 22.4 Å². The summed E-state index contributed by atoms with van der Waals surface area (Å²) in [7, 11) is 0. The molecule has 0 saturated carbocycles. The molecule has 0 radical (unpaired) electrons. The quantitative estimate of drug-likeness (QED) is 0.320. The Bertz CT molecular complexity index is 1530. The fourth-order valence-electron chi connectivity index (χ4n) is 4.09. The molecule has 5 N–H and O–H groups in total. The van der Waals surface area contributed by atoms with E-state index in [1.807, 2.05) is 0 Å². The number of primary amides is 1. The number of nitrogens with one attached hydrogen (secondary N) is 3. The maximum Gasteiger partial charge on any atom is 0.416 e. The molecule has 3 heterocycles. The topological polar surface area (TPSA) is 133 Å². The molecule has 2 aromatic heterocycles. The molecule has 2 aromatic carbocycles. The van der Waals surface area contributed by atoms with E-state index in [1.165, 1.54) is 12.1 Å². The average molecular weight is 487 g/mol. The molecule has 0 saturated heterocycles. The first kappa shape index (κ1) is 22.4. The highest BCUT2D eigenvalue weighted by Gasteiger charge is 2.34. The van der Waals surface area contributed by atoms with Crippen molar-refractivity contribution in [1.29, 1.82) is 0 Å². The van der Waals surface area contributed by atoms with Gasteiger partial charge in [-0.15, -0.1) is 0 Å². The Morgan fingerprint density at radius 1 is 1.11 bits per heavy atom. The predicted molar refractivity (Wildman–Crippen MR) is 118 cm³/mol. The van der Waals surface area contributed by atoms with Gasteiger partial charge < -0.3 is 21.0 Å². The largest absolute Gasteiger partial charge is 0.416 e. The molecule has 5 rings (SSSR count). The molecule has 13 heteroatoms. The lowest BCUT2D eigenvalue weighted by Crippen LogP contribution is -2.22. The van der Waals surface area contributed by atoms with Gasteiger partial charge in [-0.05, 0) is 24.3 Å². The van der Waals surface area contributed by atoms with E-state index in [2.05, 4.69) is 25.5 Å². The summed E-state index contributed by atoms with van der Waals surface area (Å²) < 4.78 is 54.7. The van der Waals surface area contributed by atoms with Crippen molar-refractivity contribution in [2.24, 2.45) is 5.73 Å². The van der Waals surface area contributed by atoms with Crippen LogP contribution in [0.2, 0.25) is 0 Å². The van der Waals surface area contributed by atoms with E-state index < -0.39 is 35.6 Å². The summed E-state index contributed by atoms with van der Waals surface area (Å²) >= 11 is 0. The molecular weight excluding hydrogens is 470 g/mol. The molecular formula is C22H17F4N7O2. The highest BCUT2D eigenvalue weighted by molar-refractivity contribution is 6.07. The predicted octanol–water partition coefficient (Wildman–Crippen LogP) is 3.04. The van der Waals surface area contributed by atoms with Gasteiger partial charge in [0.25, 0.3) is 11.5 Å². The van der Waals surface area contributed by atoms with Gasteiger partial charge in [0.2, 0.25) is 5.95 Å². The van der Waals surface area contributed by atoms with Crippen LogP contribution in [0.15, 0.2) is 41.2 Å². The number of amides is 1. The lowest BCUT2D eigenvalue weighted by atomic mass is 10.1. The zero-order valence-corrected chi connectivity index (χ0v) is 17.8. The monoisotopic (exact) mass is 487 g/mol. The van der Waals surface area contributed by atoms with Crippen LogP contribution in [0, 0.1) is 5.82 Å². The molecule has 0 aliphatic carbocycles. The number of aromatic amines is 2. The van der Waals surface area contributed by atoms with Gasteiger partial charge in [-0.3, -0.25) is 14.7 Å². The van der Waals surface area contributed by atoms with Crippen molar-refractivity contribution in [1.82, 2.24) is 20.2 Å². The number of hydrogen-bond donors (Lipinski definition) is 4. The van der Waals surface area contributed by atoms with Crippen LogP contribution in [-0.2, 0) is 25.8 Å². The number of H-pyrrole nitrogens is 2. The molecule has 4 aromatic rings. The minimum absolute atomic E-state index is 0.0756. The van der Waals surface area contributed by atoms with Crippen LogP contribution >= 0.6 is 0 Å². The van der Waals surface area contributed by atoms with Crippen LogP contribution in [0.25, 0.3) is 10.9 Å². The van der Waals surface area contributed by atoms with Crippen molar-refractivity contribution in [3.63, 3.8) is 0 Å². The SMILES string of the molecule is NC(=O)c1cccc2c(NCc3c(F)cccc3C(F)(F)F)nc(N3Cc4[nH][nH]c(=O)c4C3)nc12. The van der Waals surface area contributed by atoms with Gasteiger partial charge in [0, 0.05) is 17.5 Å². The second-order valence-electron chi connectivity index (χ2n) is 7.95. The number of halogens is 4. The Morgan fingerprint density at radius 3 is 2.60 bits per heavy atom. The first-order valence-electron chi connectivity index (χ1n) is 10.4. The van der Waals surface area contributed by atoms with Gasteiger partial charge in [0.15, 0.2) is 0 Å². The van der Waals surface area contributed by atoms with Crippen molar-refractivity contribution in [3.8, 4) is 0 Å². The zero-order chi connectivity index (χ0) is 24.9. The molecule has 0 unspecified atom stereocenters. The third kappa shape index (κ3) is 3.94. The third-order valence-corrected chi connectivity index (χ3v) is 5.78. The zero-order valence-electron chi connectivity index (χ0n) is 17.8. The summed E-state index contributed by atoms with van der Waals surface area (Å²) in [6.45, 7) is -0.112. The normalized spacial score (nSPS) is 13.3. The molecule has 9 nitrogen and oxygen atoms in total. The fourth-order valence-corrected chi connectivity index (χ4v) is 4.09. The Balaban J connectivity index is 1.59. The Morgan fingerprint density at radius 2 is 1.89 bits per heavy atom. The Kier molecular flexibility index (Phi) is 5.19. The van der Waals surface area contributed by atoms with Gasteiger partial charge in [0.05, 0.1) is 41.0 Å². The number of para-hydroxylation sites is 1.